The fraction of sp³-hybridized carbons (Fsp3) is 0.286. The molecule has 1 aliphatic rings. The number of aliphatic carboxylic acids is 1. The van der Waals surface area contributed by atoms with Gasteiger partial charge in [-0.25, -0.2) is 4.79 Å². The Labute approximate surface area is 162 Å². The van der Waals surface area contributed by atoms with Crippen LogP contribution in [0.1, 0.15) is 30.4 Å². The standard InChI is InChI=1S/C21H22N2O5/c1-13(10-19(24)22-11-20(25)26)23-21(27)28-12-18-16-8-4-2-6-14(16)15-7-3-5-9-17(15)18/h2-9,13,18H,10-12H2,1H3,(H,22,24)(H,23,27)(H,25,26)/t13-/m1/s1. The number of carboxylic acids is 1. The maximum absolute atomic E-state index is 12.1. The predicted molar refractivity (Wildman–Crippen MR) is 103 cm³/mol. The third-order valence-electron chi connectivity index (χ3n) is 4.64. The molecule has 2 aromatic carbocycles. The highest BCUT2D eigenvalue weighted by Gasteiger charge is 2.29. The normalized spacial score (nSPS) is 13.2. The third-order valence-corrected chi connectivity index (χ3v) is 4.64. The lowest BCUT2D eigenvalue weighted by Gasteiger charge is -2.17. The lowest BCUT2D eigenvalue weighted by molar-refractivity contribution is -0.138. The number of nitrogens with one attached hydrogen (secondary N) is 2. The van der Waals surface area contributed by atoms with Gasteiger partial charge in [0.1, 0.15) is 13.2 Å². The first-order chi connectivity index (χ1) is 13.5. The van der Waals surface area contributed by atoms with Gasteiger partial charge in [-0.15, -0.1) is 0 Å². The van der Waals surface area contributed by atoms with Crippen LogP contribution in [-0.4, -0.2) is 42.3 Å². The molecule has 1 atom stereocenters. The summed E-state index contributed by atoms with van der Waals surface area (Å²) in [5.74, 6) is -1.60. The molecule has 7 heteroatoms. The number of ether oxygens (including phenoxy) is 1. The molecular weight excluding hydrogens is 360 g/mol. The molecule has 1 aliphatic carbocycles. The quantitative estimate of drug-likeness (QED) is 0.682. The van der Waals surface area contributed by atoms with Crippen LogP contribution in [0.25, 0.3) is 11.1 Å². The lowest BCUT2D eigenvalue weighted by Crippen LogP contribution is -2.39. The van der Waals surface area contributed by atoms with Crippen LogP contribution in [0.3, 0.4) is 0 Å². The molecule has 0 aliphatic heterocycles. The van der Waals surface area contributed by atoms with Gasteiger partial charge < -0.3 is 20.5 Å². The van der Waals surface area contributed by atoms with Crippen molar-refractivity contribution in [1.29, 1.82) is 0 Å². The Kier molecular flexibility index (Phi) is 5.93. The fourth-order valence-electron chi connectivity index (χ4n) is 3.42. The van der Waals surface area contributed by atoms with Crippen LogP contribution >= 0.6 is 0 Å². The van der Waals surface area contributed by atoms with Gasteiger partial charge in [-0.3, -0.25) is 9.59 Å². The average molecular weight is 382 g/mol. The first-order valence-corrected chi connectivity index (χ1v) is 9.05. The number of hydrogen-bond donors (Lipinski definition) is 3. The topological polar surface area (TPSA) is 105 Å². The highest BCUT2D eigenvalue weighted by molar-refractivity contribution is 5.82. The Morgan fingerprint density at radius 2 is 1.61 bits per heavy atom. The van der Waals surface area contributed by atoms with Crippen LogP contribution < -0.4 is 10.6 Å². The molecule has 0 unspecified atom stereocenters. The molecule has 0 saturated heterocycles. The number of amides is 2. The van der Waals surface area contributed by atoms with Gasteiger partial charge in [0.25, 0.3) is 0 Å². The van der Waals surface area contributed by atoms with Crippen molar-refractivity contribution in [1.82, 2.24) is 10.6 Å². The zero-order valence-corrected chi connectivity index (χ0v) is 15.5. The molecule has 146 valence electrons. The van der Waals surface area contributed by atoms with E-state index < -0.39 is 30.6 Å². The molecule has 0 saturated carbocycles. The Morgan fingerprint density at radius 3 is 2.18 bits per heavy atom. The van der Waals surface area contributed by atoms with Crippen LogP contribution in [0, 0.1) is 0 Å². The molecule has 0 radical (unpaired) electrons. The molecule has 3 N–H and O–H groups in total. The van der Waals surface area contributed by atoms with Gasteiger partial charge in [-0.1, -0.05) is 48.5 Å². The first-order valence-electron chi connectivity index (χ1n) is 9.05. The van der Waals surface area contributed by atoms with E-state index in [1.54, 1.807) is 6.92 Å². The smallest absolute Gasteiger partial charge is 0.407 e. The number of hydrogen-bond acceptors (Lipinski definition) is 4. The summed E-state index contributed by atoms with van der Waals surface area (Å²) in [5.41, 5.74) is 4.54. The molecule has 0 spiro atoms. The van der Waals surface area contributed by atoms with Crippen LogP contribution in [0.15, 0.2) is 48.5 Å². The van der Waals surface area contributed by atoms with Gasteiger partial charge in [-0.05, 0) is 29.2 Å². The Bertz CT molecular complexity index is 850. The average Bonchev–Trinajstić information content (AvgIpc) is 2.98. The van der Waals surface area contributed by atoms with E-state index in [0.717, 1.165) is 22.3 Å². The second-order valence-electron chi connectivity index (χ2n) is 6.75. The van der Waals surface area contributed by atoms with Gasteiger partial charge in [0.15, 0.2) is 0 Å². The SMILES string of the molecule is C[C@H](CC(=O)NCC(=O)O)NC(=O)OCC1c2ccccc2-c2ccccc21. The molecular formula is C21H22N2O5. The summed E-state index contributed by atoms with van der Waals surface area (Å²) in [6.07, 6.45) is -0.641. The lowest BCUT2D eigenvalue weighted by atomic mass is 9.98. The van der Waals surface area contributed by atoms with Gasteiger partial charge in [0.2, 0.25) is 5.91 Å². The number of carbonyl (C=O) groups is 3. The van der Waals surface area contributed by atoms with Gasteiger partial charge in [0, 0.05) is 18.4 Å². The van der Waals surface area contributed by atoms with Crippen molar-refractivity contribution in [3.8, 4) is 11.1 Å². The molecule has 0 fully saturated rings. The summed E-state index contributed by atoms with van der Waals surface area (Å²) in [7, 11) is 0. The van der Waals surface area contributed by atoms with Crippen molar-refractivity contribution in [2.75, 3.05) is 13.2 Å². The maximum Gasteiger partial charge on any atom is 0.407 e. The molecule has 2 amide bonds. The number of carbonyl (C=O) groups excluding carboxylic acids is 2. The highest BCUT2D eigenvalue weighted by Crippen LogP contribution is 2.44. The molecule has 0 aromatic heterocycles. The second kappa shape index (κ2) is 8.56. The van der Waals surface area contributed by atoms with Gasteiger partial charge in [0.05, 0.1) is 0 Å². The largest absolute Gasteiger partial charge is 0.480 e. The van der Waals surface area contributed by atoms with Crippen LogP contribution in [0.2, 0.25) is 0 Å². The van der Waals surface area contributed by atoms with E-state index in [0.29, 0.717) is 0 Å². The summed E-state index contributed by atoms with van der Waals surface area (Å²) in [6, 6.07) is 15.6. The number of rotatable bonds is 7. The number of fused-ring (bicyclic) bond motifs is 3. The Balaban J connectivity index is 1.55. The minimum absolute atomic E-state index is 0.0303. The van der Waals surface area contributed by atoms with E-state index in [-0.39, 0.29) is 18.9 Å². The predicted octanol–water partition coefficient (Wildman–Crippen LogP) is 2.50. The van der Waals surface area contributed by atoms with Crippen LogP contribution in [-0.2, 0) is 14.3 Å². The molecule has 3 rings (SSSR count). The number of alkyl carbamates (subject to hydrolysis) is 1. The van der Waals surface area contributed by atoms with Gasteiger partial charge >= 0.3 is 12.1 Å². The van der Waals surface area contributed by atoms with E-state index in [1.165, 1.54) is 0 Å². The molecule has 2 aromatic rings. The number of benzene rings is 2. The third kappa shape index (κ3) is 4.49. The monoisotopic (exact) mass is 382 g/mol. The summed E-state index contributed by atoms with van der Waals surface area (Å²) < 4.78 is 5.41. The summed E-state index contributed by atoms with van der Waals surface area (Å²) >= 11 is 0. The molecule has 28 heavy (non-hydrogen) atoms. The fourth-order valence-corrected chi connectivity index (χ4v) is 3.42. The zero-order valence-electron chi connectivity index (χ0n) is 15.5. The van der Waals surface area contributed by atoms with Crippen LogP contribution in [0.5, 0.6) is 0 Å². The summed E-state index contributed by atoms with van der Waals surface area (Å²) in [6.45, 7) is 1.40. The van der Waals surface area contributed by atoms with E-state index in [2.05, 4.69) is 22.8 Å². The van der Waals surface area contributed by atoms with Crippen molar-refractivity contribution in [2.24, 2.45) is 0 Å². The van der Waals surface area contributed by atoms with Crippen molar-refractivity contribution in [3.05, 3.63) is 59.7 Å². The second-order valence-corrected chi connectivity index (χ2v) is 6.75. The number of carboxylic acid groups (broad SMARTS) is 1. The summed E-state index contributed by atoms with van der Waals surface area (Å²) in [4.78, 5) is 34.2. The first kappa shape index (κ1) is 19.4. The minimum Gasteiger partial charge on any atom is -0.480 e. The van der Waals surface area contributed by atoms with E-state index in [4.69, 9.17) is 9.84 Å². The highest BCUT2D eigenvalue weighted by atomic mass is 16.5. The van der Waals surface area contributed by atoms with Crippen molar-refractivity contribution in [3.63, 3.8) is 0 Å². The van der Waals surface area contributed by atoms with E-state index >= 15 is 0 Å². The molecule has 0 heterocycles. The zero-order chi connectivity index (χ0) is 20.1. The van der Waals surface area contributed by atoms with Crippen molar-refractivity contribution >= 4 is 18.0 Å². The van der Waals surface area contributed by atoms with Crippen molar-refractivity contribution < 1.29 is 24.2 Å². The summed E-state index contributed by atoms with van der Waals surface area (Å²) in [5, 5.41) is 13.4. The van der Waals surface area contributed by atoms with E-state index in [1.807, 2.05) is 36.4 Å². The van der Waals surface area contributed by atoms with E-state index in [9.17, 15) is 14.4 Å². The Hall–Kier alpha value is -3.35. The van der Waals surface area contributed by atoms with Crippen molar-refractivity contribution in [2.45, 2.75) is 25.3 Å². The minimum atomic E-state index is -1.12. The van der Waals surface area contributed by atoms with Gasteiger partial charge in [-0.2, -0.15) is 0 Å². The Morgan fingerprint density at radius 1 is 1.04 bits per heavy atom. The molecule has 0 bridgehead atoms. The maximum atomic E-state index is 12.1. The molecule has 7 nitrogen and oxygen atoms in total. The van der Waals surface area contributed by atoms with Crippen LogP contribution in [0.4, 0.5) is 4.79 Å².